The largest absolute Gasteiger partial charge is 0.311 e. The van der Waals surface area contributed by atoms with Gasteiger partial charge < -0.3 is 5.32 Å². The molecule has 26 heavy (non-hydrogen) atoms. The molecule has 1 aromatic rings. The van der Waals surface area contributed by atoms with Gasteiger partial charge in [0.05, 0.1) is 5.75 Å². The van der Waals surface area contributed by atoms with Gasteiger partial charge in [0.25, 0.3) is 10.1 Å². The fourth-order valence-electron chi connectivity index (χ4n) is 3.64. The second kappa shape index (κ2) is 7.77. The van der Waals surface area contributed by atoms with Gasteiger partial charge >= 0.3 is 0 Å². The summed E-state index contributed by atoms with van der Waals surface area (Å²) >= 11 is 0. The van der Waals surface area contributed by atoms with Crippen molar-refractivity contribution >= 4 is 10.1 Å². The van der Waals surface area contributed by atoms with E-state index in [1.54, 1.807) is 0 Å². The third-order valence-corrected chi connectivity index (χ3v) is 5.86. The van der Waals surface area contributed by atoms with E-state index < -0.39 is 62.0 Å². The Morgan fingerprint density at radius 1 is 1.00 bits per heavy atom. The van der Waals surface area contributed by atoms with Crippen molar-refractivity contribution in [3.63, 3.8) is 0 Å². The zero-order valence-corrected chi connectivity index (χ0v) is 14.9. The van der Waals surface area contributed by atoms with Crippen LogP contribution in [-0.2, 0) is 10.1 Å². The van der Waals surface area contributed by atoms with Crippen molar-refractivity contribution in [2.75, 3.05) is 12.3 Å². The molecule has 0 spiro atoms. The van der Waals surface area contributed by atoms with Crippen molar-refractivity contribution in [2.24, 2.45) is 0 Å². The lowest BCUT2D eigenvalue weighted by Crippen LogP contribution is -2.48. The number of hydrogen-bond donors (Lipinski definition) is 2. The minimum absolute atomic E-state index is 0.0460. The monoisotopic (exact) mass is 401 g/mol. The van der Waals surface area contributed by atoms with Gasteiger partial charge in [0.15, 0.2) is 23.3 Å². The first kappa shape index (κ1) is 21.0. The summed E-state index contributed by atoms with van der Waals surface area (Å²) in [6, 6.07) is 0. The Kier molecular flexibility index (Phi) is 6.29. The van der Waals surface area contributed by atoms with Crippen LogP contribution in [0.2, 0.25) is 0 Å². The maximum absolute atomic E-state index is 14.2. The van der Waals surface area contributed by atoms with Gasteiger partial charge in [0.1, 0.15) is 0 Å². The van der Waals surface area contributed by atoms with Gasteiger partial charge in [-0.1, -0.05) is 19.8 Å². The van der Waals surface area contributed by atoms with Crippen molar-refractivity contribution in [3.8, 4) is 0 Å². The van der Waals surface area contributed by atoms with Gasteiger partial charge in [0, 0.05) is 17.0 Å². The van der Waals surface area contributed by atoms with Crippen molar-refractivity contribution < 1.29 is 34.9 Å². The van der Waals surface area contributed by atoms with Gasteiger partial charge in [-0.2, -0.15) is 8.42 Å². The van der Waals surface area contributed by atoms with Crippen LogP contribution >= 0.6 is 0 Å². The number of hydrogen-bond acceptors (Lipinski definition) is 3. The zero-order valence-electron chi connectivity index (χ0n) is 14.1. The molecule has 0 bridgehead atoms. The Morgan fingerprint density at radius 2 is 1.46 bits per heavy atom. The number of rotatable bonds is 7. The minimum Gasteiger partial charge on any atom is -0.311 e. The lowest BCUT2D eigenvalue weighted by molar-refractivity contribution is 0.264. The number of nitrogens with one attached hydrogen (secondary N) is 1. The van der Waals surface area contributed by atoms with Crippen LogP contribution in [-0.4, -0.2) is 30.8 Å². The molecule has 0 aromatic heterocycles. The van der Waals surface area contributed by atoms with Crippen molar-refractivity contribution in [1.82, 2.24) is 5.32 Å². The number of benzene rings is 1. The molecule has 1 aliphatic rings. The highest BCUT2D eigenvalue weighted by Gasteiger charge is 2.43. The van der Waals surface area contributed by atoms with E-state index >= 15 is 0 Å². The van der Waals surface area contributed by atoms with Crippen LogP contribution in [0.3, 0.4) is 0 Å². The number of halogens is 5. The van der Waals surface area contributed by atoms with E-state index in [-0.39, 0.29) is 13.0 Å². The SMILES string of the molecule is CC(c1c(F)c(F)c(F)c(F)c1F)C1(NCCCS(=O)(=O)O)CCCC1. The van der Waals surface area contributed by atoms with Crippen LogP contribution in [0.1, 0.15) is 50.5 Å². The molecular weight excluding hydrogens is 381 g/mol. The quantitative estimate of drug-likeness (QED) is 0.241. The first-order valence-corrected chi connectivity index (χ1v) is 9.82. The maximum Gasteiger partial charge on any atom is 0.264 e. The third kappa shape index (κ3) is 4.17. The summed E-state index contributed by atoms with van der Waals surface area (Å²) in [5, 5.41) is 3.03. The Balaban J connectivity index is 2.31. The lowest BCUT2D eigenvalue weighted by atomic mass is 9.78. The van der Waals surface area contributed by atoms with Crippen molar-refractivity contribution in [3.05, 3.63) is 34.6 Å². The highest BCUT2D eigenvalue weighted by Crippen LogP contribution is 2.43. The van der Waals surface area contributed by atoms with Gasteiger partial charge in [-0.25, -0.2) is 22.0 Å². The molecule has 2 N–H and O–H groups in total. The minimum atomic E-state index is -4.14. The average molecular weight is 401 g/mol. The molecule has 148 valence electrons. The van der Waals surface area contributed by atoms with Crippen LogP contribution in [0, 0.1) is 29.1 Å². The molecule has 10 heteroatoms. The van der Waals surface area contributed by atoms with E-state index in [9.17, 15) is 30.4 Å². The molecule has 0 heterocycles. The van der Waals surface area contributed by atoms with E-state index in [1.807, 2.05) is 0 Å². The summed E-state index contributed by atoms with van der Waals surface area (Å²) in [7, 11) is -4.14. The van der Waals surface area contributed by atoms with Crippen LogP contribution in [0.5, 0.6) is 0 Å². The predicted octanol–water partition coefficient (Wildman–Crippen LogP) is 3.67. The summed E-state index contributed by atoms with van der Waals surface area (Å²) in [6.07, 6.45) is 2.33. The summed E-state index contributed by atoms with van der Waals surface area (Å²) in [4.78, 5) is 0. The van der Waals surface area contributed by atoms with Gasteiger partial charge in [-0.05, 0) is 25.8 Å². The fraction of sp³-hybridized carbons (Fsp3) is 0.625. The van der Waals surface area contributed by atoms with Crippen molar-refractivity contribution in [1.29, 1.82) is 0 Å². The van der Waals surface area contributed by atoms with Crippen LogP contribution in [0.25, 0.3) is 0 Å². The van der Waals surface area contributed by atoms with Gasteiger partial charge in [-0.15, -0.1) is 0 Å². The lowest BCUT2D eigenvalue weighted by Gasteiger charge is -2.37. The molecule has 1 saturated carbocycles. The Labute approximate surface area is 148 Å². The molecule has 1 atom stereocenters. The zero-order chi connectivity index (χ0) is 19.7. The molecule has 0 amide bonds. The summed E-state index contributed by atoms with van der Waals surface area (Å²) in [5.74, 6) is -11.4. The van der Waals surface area contributed by atoms with E-state index in [1.165, 1.54) is 6.92 Å². The summed E-state index contributed by atoms with van der Waals surface area (Å²) < 4.78 is 98.9. The fourth-order valence-corrected chi connectivity index (χ4v) is 4.15. The third-order valence-electron chi connectivity index (χ3n) is 5.06. The first-order valence-electron chi connectivity index (χ1n) is 8.21. The normalized spacial score (nSPS) is 18.3. The molecule has 0 aliphatic heterocycles. The molecule has 4 nitrogen and oxygen atoms in total. The topological polar surface area (TPSA) is 66.4 Å². The molecule has 0 saturated heterocycles. The van der Waals surface area contributed by atoms with Crippen LogP contribution in [0.4, 0.5) is 22.0 Å². The van der Waals surface area contributed by atoms with Gasteiger partial charge in [-0.3, -0.25) is 4.55 Å². The van der Waals surface area contributed by atoms with Gasteiger partial charge in [0.2, 0.25) is 5.82 Å². The summed E-state index contributed by atoms with van der Waals surface area (Å²) in [5.41, 5.74) is -1.79. The second-order valence-corrected chi connectivity index (χ2v) is 8.21. The standard InChI is InChI=1S/C16H20F5NO3S/c1-9(10-11(17)13(19)15(21)14(20)12(10)18)16(5-2-3-6-16)22-7-4-8-26(23,24)25/h9,22H,2-8H2,1H3,(H,23,24,25). The van der Waals surface area contributed by atoms with Crippen LogP contribution in [0.15, 0.2) is 0 Å². The molecule has 1 aliphatic carbocycles. The smallest absolute Gasteiger partial charge is 0.264 e. The molecule has 1 aromatic carbocycles. The van der Waals surface area contributed by atoms with Crippen molar-refractivity contribution in [2.45, 2.75) is 50.5 Å². The average Bonchev–Trinajstić information content (AvgIpc) is 3.04. The highest BCUT2D eigenvalue weighted by atomic mass is 32.2. The second-order valence-electron chi connectivity index (χ2n) is 6.63. The van der Waals surface area contributed by atoms with E-state index in [0.29, 0.717) is 25.7 Å². The van der Waals surface area contributed by atoms with Crippen LogP contribution < -0.4 is 5.32 Å². The Hall–Kier alpha value is -1.26. The van der Waals surface area contributed by atoms with E-state index in [0.717, 1.165) is 0 Å². The Morgan fingerprint density at radius 3 is 1.92 bits per heavy atom. The first-order chi connectivity index (χ1) is 12.0. The maximum atomic E-state index is 14.2. The Bertz CT molecular complexity index is 750. The summed E-state index contributed by atoms with van der Waals surface area (Å²) in [6.45, 7) is 1.50. The molecule has 1 unspecified atom stereocenters. The molecular formula is C16H20F5NO3S. The predicted molar refractivity (Wildman–Crippen MR) is 84.9 cm³/mol. The molecule has 2 rings (SSSR count). The highest BCUT2D eigenvalue weighted by molar-refractivity contribution is 7.85. The van der Waals surface area contributed by atoms with E-state index in [4.69, 9.17) is 4.55 Å². The van der Waals surface area contributed by atoms with E-state index in [2.05, 4.69) is 5.32 Å². The molecule has 0 radical (unpaired) electrons. The molecule has 1 fully saturated rings.